The lowest BCUT2D eigenvalue weighted by Gasteiger charge is -1.96. The van der Waals surface area contributed by atoms with E-state index in [0.717, 1.165) is 0 Å². The third kappa shape index (κ3) is 2.88. The van der Waals surface area contributed by atoms with E-state index in [1.54, 1.807) is 30.3 Å². The first-order valence-corrected chi connectivity index (χ1v) is 6.67. The number of nitrogens with zero attached hydrogens (tertiary/aromatic N) is 5. The lowest BCUT2D eigenvalue weighted by Crippen LogP contribution is -1.89. The maximum Gasteiger partial charge on any atom is 0.215 e. The van der Waals surface area contributed by atoms with E-state index in [1.165, 1.54) is 17.8 Å². The molecule has 0 aliphatic rings. The molecule has 102 valence electrons. The summed E-state index contributed by atoms with van der Waals surface area (Å²) < 4.78 is 13.6. The third-order valence-corrected chi connectivity index (χ3v) is 3.34. The third-order valence-electron chi connectivity index (χ3n) is 2.54. The van der Waals surface area contributed by atoms with Gasteiger partial charge in [0.2, 0.25) is 5.16 Å². The number of H-pyrrole nitrogens is 1. The number of halogens is 1. The lowest BCUT2D eigenvalue weighted by atomic mass is 10.2. The normalized spacial score (nSPS) is 10.3. The molecule has 1 N–H and O–H groups in total. The number of rotatable bonds is 3. The standard InChI is InChI=1S/C13H7FN6S/c14-10-4-2-1-3-9(10)12-16-13(20-19-12)21-11-6-5-8(7-15)17-18-11/h1-6H,(H,16,19,20). The van der Waals surface area contributed by atoms with E-state index in [-0.39, 0.29) is 11.5 Å². The highest BCUT2D eigenvalue weighted by Crippen LogP contribution is 2.25. The van der Waals surface area contributed by atoms with Crippen LogP contribution in [0.5, 0.6) is 0 Å². The van der Waals surface area contributed by atoms with Gasteiger partial charge in [0, 0.05) is 0 Å². The zero-order valence-electron chi connectivity index (χ0n) is 10.5. The molecule has 3 rings (SSSR count). The van der Waals surface area contributed by atoms with Crippen molar-refractivity contribution >= 4 is 11.8 Å². The summed E-state index contributed by atoms with van der Waals surface area (Å²) in [6.45, 7) is 0. The molecule has 0 bridgehead atoms. The molecule has 3 aromatic rings. The number of benzene rings is 1. The Bertz CT molecular complexity index is 808. The Morgan fingerprint density at radius 3 is 2.71 bits per heavy atom. The van der Waals surface area contributed by atoms with Gasteiger partial charge >= 0.3 is 0 Å². The van der Waals surface area contributed by atoms with Gasteiger partial charge in [0.05, 0.1) is 5.56 Å². The van der Waals surface area contributed by atoms with E-state index >= 15 is 0 Å². The van der Waals surface area contributed by atoms with Crippen molar-refractivity contribution in [3.8, 4) is 17.5 Å². The van der Waals surface area contributed by atoms with Crippen molar-refractivity contribution in [1.29, 1.82) is 5.26 Å². The van der Waals surface area contributed by atoms with Crippen LogP contribution in [0.2, 0.25) is 0 Å². The summed E-state index contributed by atoms with van der Waals surface area (Å²) in [6.07, 6.45) is 0. The van der Waals surface area contributed by atoms with E-state index in [1.807, 2.05) is 6.07 Å². The van der Waals surface area contributed by atoms with Gasteiger partial charge < -0.3 is 0 Å². The second kappa shape index (κ2) is 5.68. The van der Waals surface area contributed by atoms with Gasteiger partial charge in [-0.15, -0.1) is 15.3 Å². The maximum atomic E-state index is 13.6. The number of hydrogen-bond acceptors (Lipinski definition) is 6. The lowest BCUT2D eigenvalue weighted by molar-refractivity contribution is 0.630. The van der Waals surface area contributed by atoms with Crippen molar-refractivity contribution in [2.45, 2.75) is 10.2 Å². The van der Waals surface area contributed by atoms with Crippen molar-refractivity contribution in [3.63, 3.8) is 0 Å². The fourth-order valence-corrected chi connectivity index (χ4v) is 2.23. The molecule has 8 heteroatoms. The largest absolute Gasteiger partial charge is 0.258 e. The first kappa shape index (κ1) is 13.2. The molecule has 1 aromatic carbocycles. The summed E-state index contributed by atoms with van der Waals surface area (Å²) in [5.41, 5.74) is 0.587. The second-order valence-electron chi connectivity index (χ2n) is 3.92. The molecule has 0 radical (unpaired) electrons. The maximum absolute atomic E-state index is 13.6. The van der Waals surface area contributed by atoms with E-state index in [2.05, 4.69) is 25.4 Å². The van der Waals surface area contributed by atoms with Crippen molar-refractivity contribution < 1.29 is 4.39 Å². The molecule has 2 heterocycles. The summed E-state index contributed by atoms with van der Waals surface area (Å²) in [4.78, 5) is 4.20. The minimum Gasteiger partial charge on any atom is -0.258 e. The Morgan fingerprint density at radius 2 is 2.00 bits per heavy atom. The van der Waals surface area contributed by atoms with Crippen LogP contribution in [-0.4, -0.2) is 25.4 Å². The monoisotopic (exact) mass is 298 g/mol. The molecule has 0 amide bonds. The average Bonchev–Trinajstić information content (AvgIpc) is 2.97. The van der Waals surface area contributed by atoms with Crippen LogP contribution in [0, 0.1) is 17.1 Å². The van der Waals surface area contributed by atoms with E-state index in [4.69, 9.17) is 5.26 Å². The van der Waals surface area contributed by atoms with Crippen molar-refractivity contribution in [1.82, 2.24) is 25.4 Å². The number of hydrogen-bond donors (Lipinski definition) is 1. The second-order valence-corrected chi connectivity index (χ2v) is 4.90. The Morgan fingerprint density at radius 1 is 1.14 bits per heavy atom. The van der Waals surface area contributed by atoms with Gasteiger partial charge in [-0.05, 0) is 36.0 Å². The summed E-state index contributed by atoms with van der Waals surface area (Å²) in [5.74, 6) is -0.0273. The summed E-state index contributed by atoms with van der Waals surface area (Å²) >= 11 is 1.17. The molecule has 0 unspecified atom stereocenters. The van der Waals surface area contributed by atoms with Crippen LogP contribution in [0.1, 0.15) is 5.69 Å². The number of nitriles is 1. The predicted octanol–water partition coefficient (Wildman–Crippen LogP) is 2.42. The van der Waals surface area contributed by atoms with Crippen LogP contribution in [-0.2, 0) is 0 Å². The number of aromatic amines is 1. The molecule has 0 spiro atoms. The molecule has 21 heavy (non-hydrogen) atoms. The highest BCUT2D eigenvalue weighted by atomic mass is 32.2. The van der Waals surface area contributed by atoms with Crippen LogP contribution in [0.4, 0.5) is 4.39 Å². The zero-order chi connectivity index (χ0) is 14.7. The smallest absolute Gasteiger partial charge is 0.215 e. The predicted molar refractivity (Wildman–Crippen MR) is 72.6 cm³/mol. The Hall–Kier alpha value is -2.79. The van der Waals surface area contributed by atoms with Crippen LogP contribution in [0.15, 0.2) is 46.6 Å². The highest BCUT2D eigenvalue weighted by molar-refractivity contribution is 7.99. The molecule has 0 saturated carbocycles. The summed E-state index contributed by atoms with van der Waals surface area (Å²) in [6, 6.07) is 11.4. The van der Waals surface area contributed by atoms with E-state index in [0.29, 0.717) is 21.6 Å². The molecule has 2 aromatic heterocycles. The van der Waals surface area contributed by atoms with Gasteiger partial charge in [-0.3, -0.25) is 5.10 Å². The van der Waals surface area contributed by atoms with Crippen LogP contribution in [0.25, 0.3) is 11.4 Å². The molecule has 0 fully saturated rings. The van der Waals surface area contributed by atoms with E-state index < -0.39 is 0 Å². The zero-order valence-corrected chi connectivity index (χ0v) is 11.3. The number of aromatic nitrogens is 5. The van der Waals surface area contributed by atoms with Crippen molar-refractivity contribution in [2.24, 2.45) is 0 Å². The topological polar surface area (TPSA) is 91.1 Å². The van der Waals surface area contributed by atoms with Gasteiger partial charge in [-0.1, -0.05) is 12.1 Å². The molecule has 0 saturated heterocycles. The minimum atomic E-state index is -0.372. The quantitative estimate of drug-likeness (QED) is 0.798. The first-order valence-electron chi connectivity index (χ1n) is 5.85. The van der Waals surface area contributed by atoms with Gasteiger partial charge in [0.25, 0.3) is 0 Å². The van der Waals surface area contributed by atoms with Gasteiger partial charge in [-0.25, -0.2) is 9.37 Å². The fourth-order valence-electron chi connectivity index (χ4n) is 1.59. The molecular weight excluding hydrogens is 291 g/mol. The average molecular weight is 298 g/mol. The van der Waals surface area contributed by atoms with Crippen molar-refractivity contribution in [2.75, 3.05) is 0 Å². The van der Waals surface area contributed by atoms with Gasteiger partial charge in [0.1, 0.15) is 16.9 Å². The summed E-state index contributed by atoms with van der Waals surface area (Å²) in [5, 5.41) is 23.9. The summed E-state index contributed by atoms with van der Waals surface area (Å²) in [7, 11) is 0. The number of nitrogens with one attached hydrogen (secondary N) is 1. The first-order chi connectivity index (χ1) is 10.3. The molecule has 6 nitrogen and oxygen atoms in total. The highest BCUT2D eigenvalue weighted by Gasteiger charge is 2.11. The van der Waals surface area contributed by atoms with Gasteiger partial charge in [0.15, 0.2) is 11.5 Å². The van der Waals surface area contributed by atoms with Crippen LogP contribution in [0.3, 0.4) is 0 Å². The van der Waals surface area contributed by atoms with Crippen molar-refractivity contribution in [3.05, 3.63) is 47.9 Å². The molecule has 0 aliphatic heterocycles. The van der Waals surface area contributed by atoms with E-state index in [9.17, 15) is 4.39 Å². The molecular formula is C13H7FN6S. The Balaban J connectivity index is 1.82. The fraction of sp³-hybridized carbons (Fsp3) is 0. The van der Waals surface area contributed by atoms with Crippen LogP contribution >= 0.6 is 11.8 Å². The minimum absolute atomic E-state index is 0.237. The van der Waals surface area contributed by atoms with Crippen LogP contribution < -0.4 is 0 Å². The molecule has 0 atom stereocenters. The Labute approximate surface area is 123 Å². The van der Waals surface area contributed by atoms with Gasteiger partial charge in [-0.2, -0.15) is 5.26 Å². The Kier molecular flexibility index (Phi) is 3.57. The molecule has 0 aliphatic carbocycles. The SMILES string of the molecule is N#Cc1ccc(Sc2n[nH]c(-c3ccccc3F)n2)nn1.